The molecule has 3 rings (SSSR count). The first-order valence-electron chi connectivity index (χ1n) is 7.76. The molecule has 6 heteroatoms. The summed E-state index contributed by atoms with van der Waals surface area (Å²) in [6.45, 7) is 4.29. The number of halogens is 1. The molecule has 0 bridgehead atoms. The van der Waals surface area contributed by atoms with Gasteiger partial charge in [-0.25, -0.2) is 4.39 Å². The number of likely N-dealkylation sites (tertiary alicyclic amines) is 1. The molecule has 5 nitrogen and oxygen atoms in total. The molecule has 0 radical (unpaired) electrons. The van der Waals surface area contributed by atoms with Crippen molar-refractivity contribution in [2.24, 2.45) is 7.05 Å². The minimum atomic E-state index is -0.904. The number of aryl methyl sites for hydroxylation is 2. The average molecular weight is 319 g/mol. The van der Waals surface area contributed by atoms with E-state index in [1.807, 2.05) is 24.9 Å². The van der Waals surface area contributed by atoms with E-state index in [0.717, 1.165) is 24.3 Å². The molecule has 1 aliphatic heterocycles. The SMILES string of the molecule is Cc1cnn(C)c1CN1CC[C@@](O)(COc2cccc(F)c2)C1. The normalized spacial score (nSPS) is 21.7. The molecule has 1 atom stereocenters. The molecule has 0 aliphatic carbocycles. The molecule has 0 spiro atoms. The van der Waals surface area contributed by atoms with Crippen molar-refractivity contribution in [2.45, 2.75) is 25.5 Å². The number of rotatable bonds is 5. The number of nitrogens with zero attached hydrogens (tertiary/aromatic N) is 3. The Morgan fingerprint density at radius 3 is 2.96 bits per heavy atom. The van der Waals surface area contributed by atoms with Gasteiger partial charge in [0.05, 0.1) is 11.9 Å². The van der Waals surface area contributed by atoms with Crippen molar-refractivity contribution >= 4 is 0 Å². The lowest BCUT2D eigenvalue weighted by Crippen LogP contribution is -2.39. The zero-order valence-electron chi connectivity index (χ0n) is 13.5. The lowest BCUT2D eigenvalue weighted by molar-refractivity contribution is 0.00312. The molecule has 1 aliphatic rings. The van der Waals surface area contributed by atoms with E-state index in [9.17, 15) is 9.50 Å². The second kappa shape index (κ2) is 6.29. The van der Waals surface area contributed by atoms with Crippen molar-refractivity contribution in [1.29, 1.82) is 0 Å². The van der Waals surface area contributed by atoms with Crippen LogP contribution in [0.5, 0.6) is 5.75 Å². The molecular weight excluding hydrogens is 297 g/mol. The van der Waals surface area contributed by atoms with Crippen molar-refractivity contribution in [3.8, 4) is 5.75 Å². The highest BCUT2D eigenvalue weighted by Crippen LogP contribution is 2.25. The van der Waals surface area contributed by atoms with Crippen LogP contribution >= 0.6 is 0 Å². The van der Waals surface area contributed by atoms with E-state index in [1.165, 1.54) is 12.1 Å². The van der Waals surface area contributed by atoms with E-state index >= 15 is 0 Å². The Morgan fingerprint density at radius 2 is 2.26 bits per heavy atom. The summed E-state index contributed by atoms with van der Waals surface area (Å²) >= 11 is 0. The van der Waals surface area contributed by atoms with Crippen LogP contribution in [0.2, 0.25) is 0 Å². The second-order valence-electron chi connectivity index (χ2n) is 6.33. The zero-order chi connectivity index (χ0) is 16.4. The van der Waals surface area contributed by atoms with Gasteiger partial charge in [-0.15, -0.1) is 0 Å². The molecule has 1 N–H and O–H groups in total. The molecule has 1 saturated heterocycles. The van der Waals surface area contributed by atoms with Crippen molar-refractivity contribution in [2.75, 3.05) is 19.7 Å². The summed E-state index contributed by atoms with van der Waals surface area (Å²) < 4.78 is 20.6. The summed E-state index contributed by atoms with van der Waals surface area (Å²) in [7, 11) is 1.93. The van der Waals surface area contributed by atoms with Crippen LogP contribution in [-0.2, 0) is 13.6 Å². The van der Waals surface area contributed by atoms with Crippen LogP contribution in [-0.4, -0.2) is 45.1 Å². The van der Waals surface area contributed by atoms with Gasteiger partial charge in [0, 0.05) is 32.7 Å². The maximum Gasteiger partial charge on any atom is 0.126 e. The van der Waals surface area contributed by atoms with Crippen LogP contribution in [0.4, 0.5) is 4.39 Å². The van der Waals surface area contributed by atoms with Crippen molar-refractivity contribution in [3.63, 3.8) is 0 Å². The van der Waals surface area contributed by atoms with Gasteiger partial charge in [0.2, 0.25) is 0 Å². The van der Waals surface area contributed by atoms with Crippen molar-refractivity contribution < 1.29 is 14.2 Å². The molecular formula is C17H22FN3O2. The Kier molecular flexibility index (Phi) is 4.37. The predicted molar refractivity (Wildman–Crippen MR) is 84.7 cm³/mol. The van der Waals surface area contributed by atoms with Crippen LogP contribution in [0.1, 0.15) is 17.7 Å². The Morgan fingerprint density at radius 1 is 1.43 bits per heavy atom. The number of aliphatic hydroxyl groups is 1. The zero-order valence-corrected chi connectivity index (χ0v) is 13.5. The van der Waals surface area contributed by atoms with Gasteiger partial charge in [0.15, 0.2) is 0 Å². The quantitative estimate of drug-likeness (QED) is 0.914. The molecule has 2 aromatic rings. The van der Waals surface area contributed by atoms with E-state index in [1.54, 1.807) is 12.1 Å². The van der Waals surface area contributed by atoms with Gasteiger partial charge in [0.1, 0.15) is 23.8 Å². The molecule has 0 amide bonds. The first-order chi connectivity index (χ1) is 11.0. The molecule has 0 saturated carbocycles. The summed E-state index contributed by atoms with van der Waals surface area (Å²) in [5, 5.41) is 14.9. The summed E-state index contributed by atoms with van der Waals surface area (Å²) in [6.07, 6.45) is 2.49. The molecule has 23 heavy (non-hydrogen) atoms. The summed E-state index contributed by atoms with van der Waals surface area (Å²) in [4.78, 5) is 2.19. The molecule has 124 valence electrons. The van der Waals surface area contributed by atoms with Gasteiger partial charge in [0.25, 0.3) is 0 Å². The Balaban J connectivity index is 1.57. The number of β-amino-alcohol motifs (C(OH)–C–C–N with tert-alkyl or cyclic N) is 1. The van der Waals surface area contributed by atoms with Crippen LogP contribution in [0.3, 0.4) is 0 Å². The number of benzene rings is 1. The standard InChI is InChI=1S/C17H22FN3O2/c1-13-9-19-20(2)16(13)10-21-7-6-17(22,11-21)12-23-15-5-3-4-14(18)8-15/h3-5,8-9,22H,6-7,10-12H2,1-2H3/t17-/m0/s1. The number of aromatic nitrogens is 2. The first kappa shape index (κ1) is 16.0. The smallest absolute Gasteiger partial charge is 0.126 e. The minimum Gasteiger partial charge on any atom is -0.490 e. The van der Waals surface area contributed by atoms with Crippen LogP contribution in [0.25, 0.3) is 0 Å². The second-order valence-corrected chi connectivity index (χ2v) is 6.33. The fourth-order valence-electron chi connectivity index (χ4n) is 2.98. The topological polar surface area (TPSA) is 50.5 Å². The maximum atomic E-state index is 13.2. The van der Waals surface area contributed by atoms with Crippen LogP contribution < -0.4 is 4.74 Å². The van der Waals surface area contributed by atoms with Crippen LogP contribution in [0, 0.1) is 12.7 Å². The van der Waals surface area contributed by atoms with Gasteiger partial charge < -0.3 is 9.84 Å². The Bertz CT molecular complexity index is 669. The third-order valence-corrected chi connectivity index (χ3v) is 4.36. The largest absolute Gasteiger partial charge is 0.490 e. The fraction of sp³-hybridized carbons (Fsp3) is 0.471. The average Bonchev–Trinajstić information content (AvgIpc) is 3.04. The highest BCUT2D eigenvalue weighted by Gasteiger charge is 2.37. The van der Waals surface area contributed by atoms with Crippen molar-refractivity contribution in [1.82, 2.24) is 14.7 Å². The van der Waals surface area contributed by atoms with E-state index in [4.69, 9.17) is 4.74 Å². The van der Waals surface area contributed by atoms with Crippen molar-refractivity contribution in [3.05, 3.63) is 47.5 Å². The van der Waals surface area contributed by atoms with Gasteiger partial charge in [-0.2, -0.15) is 5.10 Å². The minimum absolute atomic E-state index is 0.164. The summed E-state index contributed by atoms with van der Waals surface area (Å²) in [5.41, 5.74) is 1.40. The van der Waals surface area contributed by atoms with E-state index in [-0.39, 0.29) is 12.4 Å². The van der Waals surface area contributed by atoms with E-state index in [2.05, 4.69) is 10.00 Å². The number of hydrogen-bond donors (Lipinski definition) is 1. The van der Waals surface area contributed by atoms with Gasteiger partial charge in [-0.05, 0) is 31.0 Å². The molecule has 2 heterocycles. The van der Waals surface area contributed by atoms with Gasteiger partial charge >= 0.3 is 0 Å². The Hall–Kier alpha value is -1.92. The van der Waals surface area contributed by atoms with Crippen LogP contribution in [0.15, 0.2) is 30.5 Å². The lowest BCUT2D eigenvalue weighted by atomic mass is 10.1. The number of ether oxygens (including phenoxy) is 1. The third-order valence-electron chi connectivity index (χ3n) is 4.36. The maximum absolute atomic E-state index is 13.2. The Labute approximate surface area is 135 Å². The predicted octanol–water partition coefficient (Wildman–Crippen LogP) is 1.88. The van der Waals surface area contributed by atoms with Gasteiger partial charge in [-0.1, -0.05) is 6.07 Å². The monoisotopic (exact) mass is 319 g/mol. The highest BCUT2D eigenvalue weighted by atomic mass is 19.1. The lowest BCUT2D eigenvalue weighted by Gasteiger charge is -2.24. The van der Waals surface area contributed by atoms with Gasteiger partial charge in [-0.3, -0.25) is 9.58 Å². The number of hydrogen-bond acceptors (Lipinski definition) is 4. The molecule has 1 aromatic heterocycles. The highest BCUT2D eigenvalue weighted by molar-refractivity contribution is 5.22. The third kappa shape index (κ3) is 3.71. The molecule has 1 aromatic carbocycles. The molecule has 1 fully saturated rings. The summed E-state index contributed by atoms with van der Waals surface area (Å²) in [6, 6.07) is 5.99. The fourth-order valence-corrected chi connectivity index (χ4v) is 2.98. The molecule has 0 unspecified atom stereocenters. The van der Waals surface area contributed by atoms with E-state index < -0.39 is 5.60 Å². The summed E-state index contributed by atoms with van der Waals surface area (Å²) in [5.74, 6) is 0.105. The van der Waals surface area contributed by atoms with E-state index in [0.29, 0.717) is 18.7 Å². The first-order valence-corrected chi connectivity index (χ1v) is 7.76.